The van der Waals surface area contributed by atoms with E-state index in [0.29, 0.717) is 27.2 Å². The summed E-state index contributed by atoms with van der Waals surface area (Å²) < 4.78 is 10.7. The van der Waals surface area contributed by atoms with Gasteiger partial charge in [0.25, 0.3) is 5.91 Å². The SMILES string of the molecule is COc1cc(C(C)=O)ccc1OCC(=O)Nc1nc(-c2ccc(Cl)cc2)cs1. The molecule has 0 aliphatic carbocycles. The molecule has 1 aromatic heterocycles. The van der Waals surface area contributed by atoms with Gasteiger partial charge in [-0.3, -0.25) is 14.9 Å². The number of anilines is 1. The molecule has 0 saturated carbocycles. The number of rotatable bonds is 7. The standard InChI is InChI=1S/C20H17ClN2O4S/c1-12(24)14-5-8-17(18(9-14)26-2)27-10-19(25)23-20-22-16(11-28-20)13-3-6-15(21)7-4-13/h3-9,11H,10H2,1-2H3,(H,22,23,25). The maximum atomic E-state index is 12.2. The average molecular weight is 417 g/mol. The second kappa shape index (κ2) is 8.86. The average Bonchev–Trinajstić information content (AvgIpc) is 3.15. The van der Waals surface area contributed by atoms with Crippen LogP contribution in [-0.4, -0.2) is 30.4 Å². The second-order valence-electron chi connectivity index (χ2n) is 5.80. The number of nitrogens with zero attached hydrogens (tertiary/aromatic N) is 1. The molecule has 3 aromatic rings. The largest absolute Gasteiger partial charge is 0.493 e. The zero-order valence-electron chi connectivity index (χ0n) is 15.2. The molecule has 6 nitrogen and oxygen atoms in total. The third-order valence-electron chi connectivity index (χ3n) is 3.82. The van der Waals surface area contributed by atoms with Gasteiger partial charge in [0.15, 0.2) is 29.0 Å². The molecule has 1 amide bonds. The van der Waals surface area contributed by atoms with E-state index < -0.39 is 0 Å². The molecule has 3 rings (SSSR count). The van der Waals surface area contributed by atoms with Crippen molar-refractivity contribution in [2.75, 3.05) is 19.0 Å². The van der Waals surface area contributed by atoms with Gasteiger partial charge in [-0.2, -0.15) is 0 Å². The molecule has 8 heteroatoms. The highest BCUT2D eigenvalue weighted by Crippen LogP contribution is 2.29. The molecule has 0 radical (unpaired) electrons. The summed E-state index contributed by atoms with van der Waals surface area (Å²) in [5.41, 5.74) is 2.17. The third kappa shape index (κ3) is 4.88. The molecule has 0 aliphatic heterocycles. The Morgan fingerprint density at radius 1 is 1.14 bits per heavy atom. The first kappa shape index (κ1) is 19.9. The van der Waals surface area contributed by atoms with Crippen molar-refractivity contribution in [3.05, 3.63) is 58.4 Å². The lowest BCUT2D eigenvalue weighted by Gasteiger charge is -2.11. The highest BCUT2D eigenvalue weighted by atomic mass is 35.5. The van der Waals surface area contributed by atoms with Gasteiger partial charge >= 0.3 is 0 Å². The number of nitrogens with one attached hydrogen (secondary N) is 1. The highest BCUT2D eigenvalue weighted by Gasteiger charge is 2.12. The van der Waals surface area contributed by atoms with E-state index in [2.05, 4.69) is 10.3 Å². The van der Waals surface area contributed by atoms with Crippen molar-refractivity contribution in [1.29, 1.82) is 0 Å². The molecule has 2 aromatic carbocycles. The first-order valence-corrected chi connectivity index (χ1v) is 9.55. The van der Waals surface area contributed by atoms with Crippen LogP contribution in [0, 0.1) is 0 Å². The lowest BCUT2D eigenvalue weighted by molar-refractivity contribution is -0.118. The maximum Gasteiger partial charge on any atom is 0.264 e. The second-order valence-corrected chi connectivity index (χ2v) is 7.10. The lowest BCUT2D eigenvalue weighted by Crippen LogP contribution is -2.20. The fourth-order valence-corrected chi connectivity index (χ4v) is 3.25. The quantitative estimate of drug-likeness (QED) is 0.565. The number of ether oxygens (including phenoxy) is 2. The van der Waals surface area contributed by atoms with Gasteiger partial charge in [-0.25, -0.2) is 4.98 Å². The van der Waals surface area contributed by atoms with Gasteiger partial charge in [0.05, 0.1) is 12.8 Å². The monoisotopic (exact) mass is 416 g/mol. The smallest absolute Gasteiger partial charge is 0.264 e. The number of Topliss-reactive ketones (excluding diaryl/α,β-unsaturated/α-hetero) is 1. The summed E-state index contributed by atoms with van der Waals surface area (Å²) in [6.07, 6.45) is 0. The summed E-state index contributed by atoms with van der Waals surface area (Å²) in [6.45, 7) is 1.25. The minimum absolute atomic E-state index is 0.0807. The Morgan fingerprint density at radius 3 is 2.57 bits per heavy atom. The van der Waals surface area contributed by atoms with Crippen molar-refractivity contribution >= 4 is 39.8 Å². The van der Waals surface area contributed by atoms with Crippen molar-refractivity contribution < 1.29 is 19.1 Å². The van der Waals surface area contributed by atoms with E-state index in [1.165, 1.54) is 25.4 Å². The van der Waals surface area contributed by atoms with Crippen LogP contribution < -0.4 is 14.8 Å². The molecule has 0 aliphatic rings. The summed E-state index contributed by atoms with van der Waals surface area (Å²) in [5, 5.41) is 5.67. The van der Waals surface area contributed by atoms with Crippen molar-refractivity contribution in [1.82, 2.24) is 4.98 Å². The molecule has 1 N–H and O–H groups in total. The lowest BCUT2D eigenvalue weighted by atomic mass is 10.1. The fraction of sp³-hybridized carbons (Fsp3) is 0.150. The summed E-state index contributed by atoms with van der Waals surface area (Å²) in [7, 11) is 1.47. The van der Waals surface area contributed by atoms with E-state index in [1.54, 1.807) is 30.3 Å². The van der Waals surface area contributed by atoms with Gasteiger partial charge in [0, 0.05) is 21.5 Å². The molecule has 0 saturated heterocycles. The van der Waals surface area contributed by atoms with Crippen LogP contribution in [0.25, 0.3) is 11.3 Å². The molecule has 1 heterocycles. The van der Waals surface area contributed by atoms with Crippen LogP contribution in [0.15, 0.2) is 47.8 Å². The van der Waals surface area contributed by atoms with E-state index in [0.717, 1.165) is 11.3 Å². The van der Waals surface area contributed by atoms with E-state index in [1.807, 2.05) is 17.5 Å². The van der Waals surface area contributed by atoms with Crippen molar-refractivity contribution in [3.63, 3.8) is 0 Å². The predicted molar refractivity (Wildman–Crippen MR) is 110 cm³/mol. The minimum Gasteiger partial charge on any atom is -0.493 e. The molecule has 0 bridgehead atoms. The van der Waals surface area contributed by atoms with Crippen LogP contribution in [0.4, 0.5) is 5.13 Å². The van der Waals surface area contributed by atoms with E-state index in [9.17, 15) is 9.59 Å². The Morgan fingerprint density at radius 2 is 1.89 bits per heavy atom. The summed E-state index contributed by atoms with van der Waals surface area (Å²) in [6, 6.07) is 12.1. The number of benzene rings is 2. The normalized spacial score (nSPS) is 10.4. The maximum absolute atomic E-state index is 12.2. The first-order valence-electron chi connectivity index (χ1n) is 8.29. The predicted octanol–water partition coefficient (Wildman–Crippen LogP) is 4.69. The van der Waals surface area contributed by atoms with E-state index in [4.69, 9.17) is 21.1 Å². The number of hydrogen-bond acceptors (Lipinski definition) is 6. The van der Waals surface area contributed by atoms with Crippen LogP contribution in [0.2, 0.25) is 5.02 Å². The molecule has 0 spiro atoms. The fourth-order valence-electron chi connectivity index (χ4n) is 2.39. The summed E-state index contributed by atoms with van der Waals surface area (Å²) in [5.74, 6) is 0.334. The number of halogens is 1. The van der Waals surface area contributed by atoms with Crippen LogP contribution in [0.3, 0.4) is 0 Å². The van der Waals surface area contributed by atoms with Crippen LogP contribution in [-0.2, 0) is 4.79 Å². The first-order chi connectivity index (χ1) is 13.5. The molecule has 0 atom stereocenters. The number of carbonyl (C=O) groups is 2. The molecular formula is C20H17ClN2O4S. The number of thiazole rings is 1. The Hall–Kier alpha value is -2.90. The van der Waals surface area contributed by atoms with Gasteiger partial charge in [-0.1, -0.05) is 23.7 Å². The van der Waals surface area contributed by atoms with Gasteiger partial charge < -0.3 is 9.47 Å². The number of carbonyl (C=O) groups excluding carboxylic acids is 2. The zero-order valence-corrected chi connectivity index (χ0v) is 16.8. The van der Waals surface area contributed by atoms with Crippen LogP contribution >= 0.6 is 22.9 Å². The van der Waals surface area contributed by atoms with Crippen LogP contribution in [0.1, 0.15) is 17.3 Å². The number of aromatic nitrogens is 1. The number of hydrogen-bond donors (Lipinski definition) is 1. The van der Waals surface area contributed by atoms with E-state index >= 15 is 0 Å². The summed E-state index contributed by atoms with van der Waals surface area (Å²) >= 11 is 7.21. The molecule has 0 fully saturated rings. The van der Waals surface area contributed by atoms with Gasteiger partial charge in [-0.05, 0) is 37.3 Å². The number of amides is 1. The molecule has 28 heavy (non-hydrogen) atoms. The third-order valence-corrected chi connectivity index (χ3v) is 4.83. The Labute approximate surface area is 171 Å². The van der Waals surface area contributed by atoms with Gasteiger partial charge in [0.2, 0.25) is 0 Å². The van der Waals surface area contributed by atoms with Gasteiger partial charge in [0.1, 0.15) is 0 Å². The van der Waals surface area contributed by atoms with E-state index in [-0.39, 0.29) is 18.3 Å². The van der Waals surface area contributed by atoms with Crippen molar-refractivity contribution in [2.45, 2.75) is 6.92 Å². The molecule has 144 valence electrons. The highest BCUT2D eigenvalue weighted by molar-refractivity contribution is 7.14. The van der Waals surface area contributed by atoms with Crippen LogP contribution in [0.5, 0.6) is 11.5 Å². The minimum atomic E-state index is -0.352. The number of methoxy groups -OCH3 is 1. The Balaban J connectivity index is 1.61. The number of ketones is 1. The molecular weight excluding hydrogens is 400 g/mol. The topological polar surface area (TPSA) is 77.5 Å². The molecule has 0 unspecified atom stereocenters. The Kier molecular flexibility index (Phi) is 6.28. The Bertz CT molecular complexity index is 1000. The van der Waals surface area contributed by atoms with Crippen molar-refractivity contribution in [2.24, 2.45) is 0 Å². The summed E-state index contributed by atoms with van der Waals surface area (Å²) in [4.78, 5) is 28.0. The van der Waals surface area contributed by atoms with Gasteiger partial charge in [-0.15, -0.1) is 11.3 Å². The van der Waals surface area contributed by atoms with Crippen molar-refractivity contribution in [3.8, 4) is 22.8 Å². The zero-order chi connectivity index (χ0) is 20.1.